The standard InChI is InChI=1S/C14H17BrF3N/c15-12-7-6-10(14(16,17)18)8-11(12)13(19)9-4-2-1-3-5-9/h6-9,13H,1-5,19H2. The second-order valence-electron chi connectivity index (χ2n) is 5.16. The molecule has 0 heterocycles. The van der Waals surface area contributed by atoms with E-state index in [1.807, 2.05) is 0 Å². The minimum atomic E-state index is -4.32. The van der Waals surface area contributed by atoms with Crippen molar-refractivity contribution in [1.29, 1.82) is 0 Å². The van der Waals surface area contributed by atoms with Crippen LogP contribution in [0.4, 0.5) is 13.2 Å². The summed E-state index contributed by atoms with van der Waals surface area (Å²) in [7, 11) is 0. The molecule has 0 spiro atoms. The van der Waals surface area contributed by atoms with Gasteiger partial charge in [0, 0.05) is 10.5 Å². The van der Waals surface area contributed by atoms with Crippen molar-refractivity contribution < 1.29 is 13.2 Å². The quantitative estimate of drug-likeness (QED) is 0.804. The monoisotopic (exact) mass is 335 g/mol. The zero-order chi connectivity index (χ0) is 14.0. The van der Waals surface area contributed by atoms with E-state index in [0.29, 0.717) is 10.0 Å². The Hall–Kier alpha value is -0.550. The van der Waals surface area contributed by atoms with Gasteiger partial charge in [0.25, 0.3) is 0 Å². The minimum absolute atomic E-state index is 0.286. The fourth-order valence-corrected chi connectivity index (χ4v) is 3.23. The molecule has 0 aliphatic heterocycles. The molecule has 106 valence electrons. The maximum Gasteiger partial charge on any atom is 0.416 e. The molecule has 1 nitrogen and oxygen atoms in total. The minimum Gasteiger partial charge on any atom is -0.324 e. The van der Waals surface area contributed by atoms with Crippen molar-refractivity contribution in [2.24, 2.45) is 11.7 Å². The van der Waals surface area contributed by atoms with Gasteiger partial charge in [-0.2, -0.15) is 13.2 Å². The molecule has 1 saturated carbocycles. The third kappa shape index (κ3) is 3.51. The second kappa shape index (κ2) is 5.83. The summed E-state index contributed by atoms with van der Waals surface area (Å²) in [4.78, 5) is 0. The molecule has 1 fully saturated rings. The topological polar surface area (TPSA) is 26.0 Å². The first-order chi connectivity index (χ1) is 8.89. The van der Waals surface area contributed by atoms with Crippen molar-refractivity contribution in [2.45, 2.75) is 44.3 Å². The Morgan fingerprint density at radius 1 is 1.16 bits per heavy atom. The second-order valence-corrected chi connectivity index (χ2v) is 6.01. The summed E-state index contributed by atoms with van der Waals surface area (Å²) in [5.41, 5.74) is 6.13. The molecule has 2 N–H and O–H groups in total. The van der Waals surface area contributed by atoms with Gasteiger partial charge in [-0.15, -0.1) is 0 Å². The highest BCUT2D eigenvalue weighted by Crippen LogP contribution is 2.38. The zero-order valence-electron chi connectivity index (χ0n) is 10.5. The van der Waals surface area contributed by atoms with Crippen molar-refractivity contribution in [2.75, 3.05) is 0 Å². The van der Waals surface area contributed by atoms with Gasteiger partial charge in [-0.1, -0.05) is 35.2 Å². The molecule has 19 heavy (non-hydrogen) atoms. The van der Waals surface area contributed by atoms with E-state index in [-0.39, 0.29) is 12.0 Å². The lowest BCUT2D eigenvalue weighted by Gasteiger charge is -2.28. The Labute approximate surface area is 119 Å². The molecular weight excluding hydrogens is 319 g/mol. The molecule has 1 aliphatic carbocycles. The number of alkyl halides is 3. The van der Waals surface area contributed by atoms with Crippen molar-refractivity contribution in [3.63, 3.8) is 0 Å². The number of benzene rings is 1. The van der Waals surface area contributed by atoms with Gasteiger partial charge in [0.2, 0.25) is 0 Å². The van der Waals surface area contributed by atoms with Crippen LogP contribution in [-0.2, 0) is 6.18 Å². The van der Waals surface area contributed by atoms with Crippen molar-refractivity contribution in [3.8, 4) is 0 Å². The highest BCUT2D eigenvalue weighted by atomic mass is 79.9. The fraction of sp³-hybridized carbons (Fsp3) is 0.571. The summed E-state index contributed by atoms with van der Waals surface area (Å²) in [6.07, 6.45) is 1.13. The predicted octanol–water partition coefficient (Wildman–Crippen LogP) is 5.05. The SMILES string of the molecule is NC(c1cc(C(F)(F)F)ccc1Br)C1CCCCC1. The Kier molecular flexibility index (Phi) is 4.56. The van der Waals surface area contributed by atoms with Crippen molar-refractivity contribution in [3.05, 3.63) is 33.8 Å². The van der Waals surface area contributed by atoms with Gasteiger partial charge in [-0.05, 0) is 42.5 Å². The summed E-state index contributed by atoms with van der Waals surface area (Å²) in [6.45, 7) is 0. The van der Waals surface area contributed by atoms with Gasteiger partial charge >= 0.3 is 6.18 Å². The Morgan fingerprint density at radius 3 is 2.37 bits per heavy atom. The largest absolute Gasteiger partial charge is 0.416 e. The van der Waals surface area contributed by atoms with Gasteiger partial charge in [-0.25, -0.2) is 0 Å². The molecule has 2 rings (SSSR count). The zero-order valence-corrected chi connectivity index (χ0v) is 12.1. The van der Waals surface area contributed by atoms with Crippen molar-refractivity contribution >= 4 is 15.9 Å². The molecule has 0 aromatic heterocycles. The fourth-order valence-electron chi connectivity index (χ4n) is 2.72. The van der Waals surface area contributed by atoms with Crippen LogP contribution in [0.25, 0.3) is 0 Å². The summed E-state index contributed by atoms with van der Waals surface area (Å²) < 4.78 is 38.9. The van der Waals surface area contributed by atoms with E-state index in [1.165, 1.54) is 18.6 Å². The van der Waals surface area contributed by atoms with Crippen molar-refractivity contribution in [1.82, 2.24) is 0 Å². The van der Waals surface area contributed by atoms with Gasteiger partial charge in [0.05, 0.1) is 5.56 Å². The molecule has 5 heteroatoms. The number of halogens is 4. The number of hydrogen-bond acceptors (Lipinski definition) is 1. The number of rotatable bonds is 2. The summed E-state index contributed by atoms with van der Waals surface area (Å²) in [5.74, 6) is 0.286. The lowest BCUT2D eigenvalue weighted by molar-refractivity contribution is -0.137. The maximum absolute atomic E-state index is 12.7. The lowest BCUT2D eigenvalue weighted by atomic mass is 9.81. The molecule has 0 amide bonds. The van der Waals surface area contributed by atoms with E-state index >= 15 is 0 Å². The van der Waals surface area contributed by atoms with Crippen LogP contribution in [0.3, 0.4) is 0 Å². The van der Waals surface area contributed by atoms with Crippen LogP contribution in [0.5, 0.6) is 0 Å². The number of hydrogen-bond donors (Lipinski definition) is 1. The third-order valence-electron chi connectivity index (χ3n) is 3.84. The average Bonchev–Trinajstić information content (AvgIpc) is 2.38. The molecule has 0 radical (unpaired) electrons. The van der Waals surface area contributed by atoms with E-state index in [2.05, 4.69) is 15.9 Å². The van der Waals surface area contributed by atoms with Crippen LogP contribution in [0.1, 0.15) is 49.3 Å². The highest BCUT2D eigenvalue weighted by molar-refractivity contribution is 9.10. The normalized spacial score (nSPS) is 19.4. The van der Waals surface area contributed by atoms with Crippen LogP contribution >= 0.6 is 15.9 Å². The van der Waals surface area contributed by atoms with Crippen LogP contribution in [0, 0.1) is 5.92 Å². The molecular formula is C14H17BrF3N. The van der Waals surface area contributed by atoms with Gasteiger partial charge in [0.15, 0.2) is 0 Å². The van der Waals surface area contributed by atoms with Crippen LogP contribution in [-0.4, -0.2) is 0 Å². The van der Waals surface area contributed by atoms with Crippen LogP contribution in [0.2, 0.25) is 0 Å². The molecule has 0 saturated heterocycles. The van der Waals surface area contributed by atoms with Crippen LogP contribution < -0.4 is 5.73 Å². The first-order valence-corrected chi connectivity index (χ1v) is 7.31. The Balaban J connectivity index is 2.27. The van der Waals surface area contributed by atoms with Gasteiger partial charge < -0.3 is 5.73 Å². The lowest BCUT2D eigenvalue weighted by Crippen LogP contribution is -2.24. The molecule has 1 aliphatic rings. The molecule has 1 aromatic carbocycles. The van der Waals surface area contributed by atoms with E-state index in [9.17, 15) is 13.2 Å². The highest BCUT2D eigenvalue weighted by Gasteiger charge is 2.32. The predicted molar refractivity (Wildman–Crippen MR) is 72.6 cm³/mol. The third-order valence-corrected chi connectivity index (χ3v) is 4.56. The average molecular weight is 336 g/mol. The van der Waals surface area contributed by atoms with E-state index in [4.69, 9.17) is 5.73 Å². The molecule has 1 unspecified atom stereocenters. The van der Waals surface area contributed by atoms with E-state index < -0.39 is 11.7 Å². The van der Waals surface area contributed by atoms with Gasteiger partial charge in [-0.3, -0.25) is 0 Å². The molecule has 1 aromatic rings. The van der Waals surface area contributed by atoms with Gasteiger partial charge in [0.1, 0.15) is 0 Å². The Morgan fingerprint density at radius 2 is 1.79 bits per heavy atom. The first-order valence-electron chi connectivity index (χ1n) is 6.52. The molecule has 1 atom stereocenters. The summed E-state index contributed by atoms with van der Waals surface area (Å²) in [5, 5.41) is 0. The number of nitrogens with two attached hydrogens (primary N) is 1. The molecule has 0 bridgehead atoms. The van der Waals surface area contributed by atoms with E-state index in [0.717, 1.165) is 31.7 Å². The summed E-state index contributed by atoms with van der Waals surface area (Å²) >= 11 is 3.32. The summed E-state index contributed by atoms with van der Waals surface area (Å²) in [6, 6.07) is 3.39. The van der Waals surface area contributed by atoms with E-state index in [1.54, 1.807) is 0 Å². The van der Waals surface area contributed by atoms with Crippen LogP contribution in [0.15, 0.2) is 22.7 Å². The smallest absolute Gasteiger partial charge is 0.324 e. The first kappa shape index (κ1) is 14.9. The maximum atomic E-state index is 12.7. The Bertz CT molecular complexity index is 439.